The number of hydrogen-bond acceptors (Lipinski definition) is 2. The van der Waals surface area contributed by atoms with Gasteiger partial charge in [0.15, 0.2) is 0 Å². The summed E-state index contributed by atoms with van der Waals surface area (Å²) in [6.45, 7) is 2.02. The molecule has 2 heterocycles. The van der Waals surface area contributed by atoms with Crippen LogP contribution in [0.1, 0.15) is 11.3 Å². The van der Waals surface area contributed by atoms with E-state index in [1.54, 1.807) is 0 Å². The van der Waals surface area contributed by atoms with Gasteiger partial charge in [0.2, 0.25) is 5.78 Å². The van der Waals surface area contributed by atoms with Gasteiger partial charge in [-0.2, -0.15) is 0 Å². The third kappa shape index (κ3) is 2.17. The number of aromatic amines is 1. The molecule has 2 N–H and O–H groups in total. The summed E-state index contributed by atoms with van der Waals surface area (Å²) in [5.41, 5.74) is 5.36. The molecule has 4 aromatic rings. The molecule has 0 radical (unpaired) electrons. The van der Waals surface area contributed by atoms with E-state index in [-0.39, 0.29) is 6.42 Å². The van der Waals surface area contributed by atoms with Gasteiger partial charge in [0.05, 0.1) is 28.8 Å². The van der Waals surface area contributed by atoms with E-state index >= 15 is 0 Å². The molecule has 0 spiro atoms. The molecule has 23 heavy (non-hydrogen) atoms. The number of aromatic nitrogens is 3. The highest BCUT2D eigenvalue weighted by Crippen LogP contribution is 2.28. The summed E-state index contributed by atoms with van der Waals surface area (Å²) in [6, 6.07) is 15.8. The zero-order chi connectivity index (χ0) is 16.0. The quantitative estimate of drug-likeness (QED) is 0.609. The van der Waals surface area contributed by atoms with Crippen LogP contribution in [0.25, 0.3) is 28.1 Å². The zero-order valence-corrected chi connectivity index (χ0v) is 12.6. The van der Waals surface area contributed by atoms with Gasteiger partial charge in [-0.1, -0.05) is 42.0 Å². The summed E-state index contributed by atoms with van der Waals surface area (Å²) >= 11 is 0. The first-order chi connectivity index (χ1) is 11.1. The highest BCUT2D eigenvalue weighted by atomic mass is 16.4. The van der Waals surface area contributed by atoms with Gasteiger partial charge < -0.3 is 10.1 Å². The van der Waals surface area contributed by atoms with Crippen molar-refractivity contribution in [3.8, 4) is 11.3 Å². The summed E-state index contributed by atoms with van der Waals surface area (Å²) in [5.74, 6) is -0.205. The molecule has 0 aliphatic carbocycles. The van der Waals surface area contributed by atoms with Crippen molar-refractivity contribution in [1.29, 1.82) is 0 Å². The summed E-state index contributed by atoms with van der Waals surface area (Å²) in [5, 5.41) is 9.32. The number of benzene rings is 2. The molecule has 0 saturated carbocycles. The second-order valence-corrected chi connectivity index (χ2v) is 5.64. The highest BCUT2D eigenvalue weighted by molar-refractivity contribution is 5.84. The van der Waals surface area contributed by atoms with E-state index in [9.17, 15) is 9.90 Å². The monoisotopic (exact) mass is 305 g/mol. The smallest absolute Gasteiger partial charge is 0.309 e. The van der Waals surface area contributed by atoms with Crippen LogP contribution in [0, 0.1) is 6.92 Å². The molecule has 0 aliphatic heterocycles. The standard InChI is InChI=1S/C18H15N3O2/c1-11-6-8-12(9-7-11)17-15(10-16(22)23)21-14-5-3-2-4-13(14)19-18(21)20-17/h2-9H,10H2,1H3,(H,19,20)(H,22,23). The number of para-hydroxylation sites is 2. The van der Waals surface area contributed by atoms with Gasteiger partial charge >= 0.3 is 5.97 Å². The molecule has 0 bridgehead atoms. The highest BCUT2D eigenvalue weighted by Gasteiger charge is 2.19. The van der Waals surface area contributed by atoms with Gasteiger partial charge in [0, 0.05) is 5.56 Å². The zero-order valence-electron chi connectivity index (χ0n) is 12.6. The van der Waals surface area contributed by atoms with Gasteiger partial charge in [0.1, 0.15) is 0 Å². The topological polar surface area (TPSA) is 70.4 Å². The number of nitrogens with zero attached hydrogens (tertiary/aromatic N) is 2. The summed E-state index contributed by atoms with van der Waals surface area (Å²) in [6.07, 6.45) is -0.0772. The minimum Gasteiger partial charge on any atom is -0.481 e. The number of aryl methyl sites for hydroxylation is 1. The third-order valence-corrected chi connectivity index (χ3v) is 4.01. The number of nitrogens with one attached hydrogen (secondary N) is 1. The number of rotatable bonds is 3. The first-order valence-corrected chi connectivity index (χ1v) is 7.40. The third-order valence-electron chi connectivity index (χ3n) is 4.01. The van der Waals surface area contributed by atoms with Crippen molar-refractivity contribution in [3.05, 3.63) is 59.8 Å². The Morgan fingerprint density at radius 3 is 2.65 bits per heavy atom. The Kier molecular flexibility index (Phi) is 2.94. The number of carbonyl (C=O) groups is 1. The molecule has 4 rings (SSSR count). The normalized spacial score (nSPS) is 11.3. The van der Waals surface area contributed by atoms with Crippen LogP contribution in [-0.4, -0.2) is 25.4 Å². The van der Waals surface area contributed by atoms with E-state index in [4.69, 9.17) is 0 Å². The summed E-state index contributed by atoms with van der Waals surface area (Å²) in [4.78, 5) is 19.3. The maximum absolute atomic E-state index is 11.4. The van der Waals surface area contributed by atoms with Crippen LogP contribution in [0.5, 0.6) is 0 Å². The Balaban J connectivity index is 2.03. The number of carboxylic acid groups (broad SMARTS) is 1. The van der Waals surface area contributed by atoms with E-state index in [2.05, 4.69) is 9.97 Å². The Morgan fingerprint density at radius 2 is 1.91 bits per heavy atom. The molecule has 0 atom stereocenters. The van der Waals surface area contributed by atoms with E-state index in [1.165, 1.54) is 0 Å². The Hall–Kier alpha value is -3.08. The maximum Gasteiger partial charge on any atom is 0.309 e. The minimum absolute atomic E-state index is 0.0772. The second-order valence-electron chi connectivity index (χ2n) is 5.64. The number of fused-ring (bicyclic) bond motifs is 3. The molecule has 0 unspecified atom stereocenters. The lowest BCUT2D eigenvalue weighted by molar-refractivity contribution is -0.136. The molecule has 0 saturated heterocycles. The van der Waals surface area contributed by atoms with Crippen LogP contribution in [0.2, 0.25) is 0 Å². The van der Waals surface area contributed by atoms with E-state index in [0.717, 1.165) is 22.2 Å². The van der Waals surface area contributed by atoms with Crippen LogP contribution in [0.3, 0.4) is 0 Å². The molecule has 0 fully saturated rings. The number of hydrogen-bond donors (Lipinski definition) is 2. The van der Waals surface area contributed by atoms with E-state index in [0.29, 0.717) is 17.2 Å². The molecule has 0 amide bonds. The first kappa shape index (κ1) is 13.6. The fourth-order valence-corrected chi connectivity index (χ4v) is 2.94. The van der Waals surface area contributed by atoms with Crippen LogP contribution in [0.4, 0.5) is 0 Å². The number of H-pyrrole nitrogens is 1. The second kappa shape index (κ2) is 4.98. The molecule has 114 valence electrons. The predicted molar refractivity (Wildman–Crippen MR) is 88.6 cm³/mol. The van der Waals surface area contributed by atoms with E-state index in [1.807, 2.05) is 59.9 Å². The van der Waals surface area contributed by atoms with Crippen molar-refractivity contribution >= 4 is 22.8 Å². The SMILES string of the molecule is Cc1ccc(-c2nc3[nH]c4ccccc4n3c2CC(=O)O)cc1. The Bertz CT molecular complexity index is 1030. The van der Waals surface area contributed by atoms with Gasteiger partial charge in [0.25, 0.3) is 0 Å². The lowest BCUT2D eigenvalue weighted by atomic mass is 10.1. The van der Waals surface area contributed by atoms with Crippen LogP contribution in [0.15, 0.2) is 48.5 Å². The van der Waals surface area contributed by atoms with Crippen molar-refractivity contribution in [2.45, 2.75) is 13.3 Å². The largest absolute Gasteiger partial charge is 0.481 e. The molecule has 2 aromatic carbocycles. The number of carboxylic acids is 1. The summed E-state index contributed by atoms with van der Waals surface area (Å²) < 4.78 is 1.90. The van der Waals surface area contributed by atoms with Crippen LogP contribution in [-0.2, 0) is 11.2 Å². The Labute approximate surface area is 132 Å². The predicted octanol–water partition coefficient (Wildman–Crippen LogP) is 3.42. The van der Waals surface area contributed by atoms with Gasteiger partial charge in [-0.15, -0.1) is 0 Å². The fraction of sp³-hybridized carbons (Fsp3) is 0.111. The van der Waals surface area contributed by atoms with Crippen molar-refractivity contribution in [2.24, 2.45) is 0 Å². The number of imidazole rings is 2. The minimum atomic E-state index is -0.870. The van der Waals surface area contributed by atoms with Gasteiger partial charge in [-0.25, -0.2) is 4.98 Å². The maximum atomic E-state index is 11.4. The Morgan fingerprint density at radius 1 is 1.17 bits per heavy atom. The number of aliphatic carboxylic acids is 1. The van der Waals surface area contributed by atoms with Crippen molar-refractivity contribution in [2.75, 3.05) is 0 Å². The average Bonchev–Trinajstić information content (AvgIpc) is 3.05. The lowest BCUT2D eigenvalue weighted by Gasteiger charge is -2.03. The molecular weight excluding hydrogens is 290 g/mol. The molecule has 2 aromatic heterocycles. The van der Waals surface area contributed by atoms with Crippen LogP contribution >= 0.6 is 0 Å². The van der Waals surface area contributed by atoms with E-state index < -0.39 is 5.97 Å². The lowest BCUT2D eigenvalue weighted by Crippen LogP contribution is -2.04. The van der Waals surface area contributed by atoms with Gasteiger partial charge in [-0.3, -0.25) is 9.20 Å². The molecule has 0 aliphatic rings. The van der Waals surface area contributed by atoms with Crippen molar-refractivity contribution in [3.63, 3.8) is 0 Å². The fourth-order valence-electron chi connectivity index (χ4n) is 2.94. The molecular formula is C18H15N3O2. The molecule has 5 heteroatoms. The summed E-state index contributed by atoms with van der Waals surface area (Å²) in [7, 11) is 0. The average molecular weight is 305 g/mol. The van der Waals surface area contributed by atoms with Crippen molar-refractivity contribution < 1.29 is 9.90 Å². The first-order valence-electron chi connectivity index (χ1n) is 7.40. The molecule has 5 nitrogen and oxygen atoms in total. The van der Waals surface area contributed by atoms with Crippen molar-refractivity contribution in [1.82, 2.24) is 14.4 Å². The van der Waals surface area contributed by atoms with Crippen LogP contribution < -0.4 is 0 Å². The van der Waals surface area contributed by atoms with Gasteiger partial charge in [-0.05, 0) is 19.1 Å².